The van der Waals surface area contributed by atoms with E-state index in [1.807, 2.05) is 30.3 Å². The summed E-state index contributed by atoms with van der Waals surface area (Å²) in [6.45, 7) is 0.539. The minimum Gasteiger partial charge on any atom is -0.352 e. The fourth-order valence-electron chi connectivity index (χ4n) is 2.64. The van der Waals surface area contributed by atoms with E-state index >= 15 is 0 Å². The van der Waals surface area contributed by atoms with Crippen molar-refractivity contribution in [3.05, 3.63) is 83.4 Å². The van der Waals surface area contributed by atoms with E-state index in [-0.39, 0.29) is 5.91 Å². The third-order valence-corrected chi connectivity index (χ3v) is 4.03. The van der Waals surface area contributed by atoms with Gasteiger partial charge >= 0.3 is 0 Å². The van der Waals surface area contributed by atoms with Crippen LogP contribution in [0.15, 0.2) is 66.7 Å². The molecule has 0 fully saturated rings. The van der Waals surface area contributed by atoms with Crippen LogP contribution in [0.2, 0.25) is 0 Å². The third kappa shape index (κ3) is 3.99. The van der Waals surface area contributed by atoms with Gasteiger partial charge in [-0.3, -0.25) is 4.79 Å². The zero-order chi connectivity index (χ0) is 16.8. The molecule has 0 saturated carbocycles. The number of nitriles is 1. The van der Waals surface area contributed by atoms with Crippen LogP contribution in [0.3, 0.4) is 0 Å². The van der Waals surface area contributed by atoms with Gasteiger partial charge in [0, 0.05) is 13.0 Å². The van der Waals surface area contributed by atoms with E-state index in [4.69, 9.17) is 5.26 Å². The van der Waals surface area contributed by atoms with E-state index in [0.29, 0.717) is 24.9 Å². The molecule has 0 saturated heterocycles. The van der Waals surface area contributed by atoms with Crippen LogP contribution in [0, 0.1) is 11.3 Å². The first-order valence-corrected chi connectivity index (χ1v) is 7.98. The van der Waals surface area contributed by atoms with E-state index in [1.165, 1.54) is 10.8 Å². The molecule has 118 valence electrons. The van der Waals surface area contributed by atoms with Gasteiger partial charge in [0.1, 0.15) is 0 Å². The zero-order valence-corrected chi connectivity index (χ0v) is 13.3. The summed E-state index contributed by atoms with van der Waals surface area (Å²) < 4.78 is 0. The fraction of sp³-hybridized carbons (Fsp3) is 0.143. The Kier molecular flexibility index (Phi) is 4.88. The molecular weight excluding hydrogens is 296 g/mol. The zero-order valence-electron chi connectivity index (χ0n) is 13.3. The summed E-state index contributed by atoms with van der Waals surface area (Å²) in [5.74, 6) is 0.0347. The van der Waals surface area contributed by atoms with Gasteiger partial charge in [-0.2, -0.15) is 5.26 Å². The van der Waals surface area contributed by atoms with Crippen molar-refractivity contribution in [3.63, 3.8) is 0 Å². The van der Waals surface area contributed by atoms with Gasteiger partial charge in [0.2, 0.25) is 5.91 Å². The van der Waals surface area contributed by atoms with Crippen LogP contribution in [0.1, 0.15) is 23.1 Å². The minimum absolute atomic E-state index is 0.0347. The molecule has 0 aliphatic heterocycles. The summed E-state index contributed by atoms with van der Waals surface area (Å²) in [5, 5.41) is 14.1. The molecule has 0 bridgehead atoms. The number of carbonyl (C=O) groups excluding carboxylic acids is 1. The normalized spacial score (nSPS) is 10.3. The SMILES string of the molecule is N#Cc1ccc(CCC(=O)NCc2ccc3ccccc3c2)cc1. The van der Waals surface area contributed by atoms with E-state index in [1.54, 1.807) is 12.1 Å². The van der Waals surface area contributed by atoms with Gasteiger partial charge in [0.25, 0.3) is 0 Å². The molecule has 0 aromatic heterocycles. The van der Waals surface area contributed by atoms with Crippen molar-refractivity contribution in [2.24, 2.45) is 0 Å². The molecule has 24 heavy (non-hydrogen) atoms. The standard InChI is InChI=1S/C21H18N2O/c22-14-17-7-5-16(6-8-17)10-12-21(24)23-15-18-9-11-19-3-1-2-4-20(19)13-18/h1-9,11,13H,10,12,15H2,(H,23,24). The van der Waals surface area contributed by atoms with E-state index in [9.17, 15) is 4.79 Å². The summed E-state index contributed by atoms with van der Waals surface area (Å²) in [7, 11) is 0. The lowest BCUT2D eigenvalue weighted by Crippen LogP contribution is -2.22. The van der Waals surface area contributed by atoms with Gasteiger partial charge in [0.05, 0.1) is 11.6 Å². The first-order chi connectivity index (χ1) is 11.7. The molecule has 0 unspecified atom stereocenters. The molecule has 3 rings (SSSR count). The topological polar surface area (TPSA) is 52.9 Å². The van der Waals surface area contributed by atoms with Gasteiger partial charge in [-0.25, -0.2) is 0 Å². The average Bonchev–Trinajstić information content (AvgIpc) is 2.65. The second-order valence-corrected chi connectivity index (χ2v) is 5.77. The highest BCUT2D eigenvalue weighted by Gasteiger charge is 2.03. The maximum atomic E-state index is 12.0. The largest absolute Gasteiger partial charge is 0.352 e. The second kappa shape index (κ2) is 7.43. The summed E-state index contributed by atoms with van der Waals surface area (Å²) in [6, 6.07) is 23.9. The van der Waals surface area contributed by atoms with E-state index in [2.05, 4.69) is 35.7 Å². The fourth-order valence-corrected chi connectivity index (χ4v) is 2.64. The molecule has 3 heteroatoms. The van der Waals surface area contributed by atoms with Crippen LogP contribution in [-0.2, 0) is 17.8 Å². The van der Waals surface area contributed by atoms with Crippen molar-refractivity contribution < 1.29 is 4.79 Å². The van der Waals surface area contributed by atoms with Crippen LogP contribution in [-0.4, -0.2) is 5.91 Å². The maximum absolute atomic E-state index is 12.0. The van der Waals surface area contributed by atoms with Gasteiger partial charge in [-0.1, -0.05) is 48.5 Å². The van der Waals surface area contributed by atoms with Crippen molar-refractivity contribution in [1.82, 2.24) is 5.32 Å². The Bertz CT molecular complexity index is 892. The number of carbonyl (C=O) groups is 1. The first-order valence-electron chi connectivity index (χ1n) is 7.98. The predicted molar refractivity (Wildman–Crippen MR) is 95.3 cm³/mol. The molecule has 1 N–H and O–H groups in total. The van der Waals surface area contributed by atoms with Crippen molar-refractivity contribution in [2.45, 2.75) is 19.4 Å². The number of rotatable bonds is 5. The summed E-state index contributed by atoms with van der Waals surface area (Å²) in [5.41, 5.74) is 2.80. The Morgan fingerprint density at radius 1 is 0.917 bits per heavy atom. The van der Waals surface area contributed by atoms with Crippen LogP contribution in [0.4, 0.5) is 0 Å². The van der Waals surface area contributed by atoms with E-state index < -0.39 is 0 Å². The summed E-state index contributed by atoms with van der Waals surface area (Å²) in [4.78, 5) is 12.0. The summed E-state index contributed by atoms with van der Waals surface area (Å²) in [6.07, 6.45) is 1.12. The lowest BCUT2D eigenvalue weighted by molar-refractivity contribution is -0.121. The number of amides is 1. The smallest absolute Gasteiger partial charge is 0.220 e. The first kappa shape index (κ1) is 15.8. The molecule has 3 nitrogen and oxygen atoms in total. The van der Waals surface area contributed by atoms with Gasteiger partial charge in [0.15, 0.2) is 0 Å². The highest BCUT2D eigenvalue weighted by atomic mass is 16.1. The lowest BCUT2D eigenvalue weighted by atomic mass is 10.1. The predicted octanol–water partition coefficient (Wildman–Crippen LogP) is 3.96. The highest BCUT2D eigenvalue weighted by Crippen LogP contribution is 2.15. The van der Waals surface area contributed by atoms with Crippen LogP contribution in [0.5, 0.6) is 0 Å². The number of aryl methyl sites for hydroxylation is 1. The Balaban J connectivity index is 1.51. The number of nitrogens with one attached hydrogen (secondary N) is 1. The van der Waals surface area contributed by atoms with Gasteiger partial charge in [-0.05, 0) is 46.5 Å². The second-order valence-electron chi connectivity index (χ2n) is 5.77. The Labute approximate surface area is 141 Å². The number of fused-ring (bicyclic) bond motifs is 1. The van der Waals surface area contributed by atoms with Crippen molar-refractivity contribution >= 4 is 16.7 Å². The monoisotopic (exact) mass is 314 g/mol. The molecular formula is C21H18N2O. The molecule has 0 aliphatic carbocycles. The van der Waals surface area contributed by atoms with E-state index in [0.717, 1.165) is 11.1 Å². The lowest BCUT2D eigenvalue weighted by Gasteiger charge is -2.07. The average molecular weight is 314 g/mol. The number of hydrogen-bond acceptors (Lipinski definition) is 2. The Hall–Kier alpha value is -3.12. The van der Waals surface area contributed by atoms with Crippen molar-refractivity contribution in [1.29, 1.82) is 5.26 Å². The number of nitrogens with zero attached hydrogens (tertiary/aromatic N) is 1. The third-order valence-electron chi connectivity index (χ3n) is 4.03. The quantitative estimate of drug-likeness (QED) is 0.775. The Morgan fingerprint density at radius 3 is 2.38 bits per heavy atom. The Morgan fingerprint density at radius 2 is 1.62 bits per heavy atom. The van der Waals surface area contributed by atoms with Crippen LogP contribution < -0.4 is 5.32 Å². The molecule has 0 radical (unpaired) electrons. The molecule has 3 aromatic carbocycles. The number of hydrogen-bond donors (Lipinski definition) is 1. The van der Waals surface area contributed by atoms with Crippen molar-refractivity contribution in [3.8, 4) is 6.07 Å². The molecule has 0 spiro atoms. The van der Waals surface area contributed by atoms with Gasteiger partial charge in [-0.15, -0.1) is 0 Å². The maximum Gasteiger partial charge on any atom is 0.220 e. The minimum atomic E-state index is 0.0347. The van der Waals surface area contributed by atoms with Crippen molar-refractivity contribution in [2.75, 3.05) is 0 Å². The van der Waals surface area contributed by atoms with Crippen LogP contribution >= 0.6 is 0 Å². The molecule has 1 amide bonds. The van der Waals surface area contributed by atoms with Crippen LogP contribution in [0.25, 0.3) is 10.8 Å². The summed E-state index contributed by atoms with van der Waals surface area (Å²) >= 11 is 0. The molecule has 0 aliphatic rings. The molecule has 0 atom stereocenters. The molecule has 0 heterocycles. The highest BCUT2D eigenvalue weighted by molar-refractivity contribution is 5.83. The molecule has 3 aromatic rings. The number of benzene rings is 3. The van der Waals surface area contributed by atoms with Gasteiger partial charge < -0.3 is 5.32 Å².